The Kier molecular flexibility index (Phi) is 12.2. The quantitative estimate of drug-likeness (QED) is 0.269. The van der Waals surface area contributed by atoms with Gasteiger partial charge in [-0.3, -0.25) is 4.79 Å². The summed E-state index contributed by atoms with van der Waals surface area (Å²) in [5, 5.41) is 0. The molecule has 0 aliphatic carbocycles. The third-order valence-electron chi connectivity index (χ3n) is 5.84. The first-order chi connectivity index (χ1) is 12.9. The highest BCUT2D eigenvalue weighted by Gasteiger charge is 2.48. The average molecular weight is 401 g/mol. The molecule has 166 valence electrons. The van der Waals surface area contributed by atoms with E-state index < -0.39 is 23.1 Å². The van der Waals surface area contributed by atoms with Crippen LogP contribution >= 0.6 is 0 Å². The fourth-order valence-corrected chi connectivity index (χ4v) is 3.11. The minimum atomic E-state index is -0.899. The number of ether oxygens (including phenoxy) is 3. The molecule has 0 aliphatic rings. The van der Waals surface area contributed by atoms with E-state index in [1.165, 1.54) is 0 Å². The van der Waals surface area contributed by atoms with Crippen LogP contribution in [0, 0.1) is 5.41 Å². The molecule has 0 rings (SSSR count). The smallest absolute Gasteiger partial charge is 0.335 e. The lowest BCUT2D eigenvalue weighted by atomic mass is 9.69. The van der Waals surface area contributed by atoms with E-state index in [0.29, 0.717) is 18.9 Å². The highest BCUT2D eigenvalue weighted by Crippen LogP contribution is 2.40. The summed E-state index contributed by atoms with van der Waals surface area (Å²) in [5.74, 6) is -0.276. The van der Waals surface area contributed by atoms with Crippen LogP contribution in [0.1, 0.15) is 101 Å². The van der Waals surface area contributed by atoms with E-state index in [1.807, 2.05) is 41.5 Å². The Balaban J connectivity index is 4.69. The molecule has 0 bridgehead atoms. The largest absolute Gasteiger partial charge is 0.457 e. The Hall–Kier alpha value is -0.940. The van der Waals surface area contributed by atoms with Gasteiger partial charge in [0.1, 0.15) is 11.4 Å². The summed E-state index contributed by atoms with van der Waals surface area (Å²) in [6, 6.07) is 0. The lowest BCUT2D eigenvalue weighted by Crippen LogP contribution is -2.51. The summed E-state index contributed by atoms with van der Waals surface area (Å²) in [7, 11) is 0. The number of rotatable bonds is 15. The van der Waals surface area contributed by atoms with Crippen molar-refractivity contribution < 1.29 is 23.8 Å². The number of Topliss-reactive ketones (excluding diaryl/α,β-unsaturated/α-hetero) is 1. The average Bonchev–Trinajstić information content (AvgIpc) is 2.61. The Morgan fingerprint density at radius 3 is 2.04 bits per heavy atom. The van der Waals surface area contributed by atoms with Crippen molar-refractivity contribution in [2.45, 2.75) is 125 Å². The molecular weight excluding hydrogens is 356 g/mol. The van der Waals surface area contributed by atoms with E-state index in [2.05, 4.69) is 13.8 Å². The van der Waals surface area contributed by atoms with Gasteiger partial charge in [0, 0.05) is 13.0 Å². The van der Waals surface area contributed by atoms with Crippen LogP contribution in [-0.4, -0.2) is 42.3 Å². The van der Waals surface area contributed by atoms with Crippen molar-refractivity contribution in [2.24, 2.45) is 5.41 Å². The van der Waals surface area contributed by atoms with Gasteiger partial charge in [0.05, 0.1) is 17.6 Å². The molecule has 0 aromatic rings. The van der Waals surface area contributed by atoms with Crippen molar-refractivity contribution in [1.82, 2.24) is 0 Å². The Labute approximate surface area is 172 Å². The number of esters is 1. The first-order valence-electron chi connectivity index (χ1n) is 10.9. The van der Waals surface area contributed by atoms with Gasteiger partial charge >= 0.3 is 5.97 Å². The second kappa shape index (κ2) is 12.6. The number of carbonyl (C=O) groups is 2. The summed E-state index contributed by atoms with van der Waals surface area (Å²) in [6.07, 6.45) is 4.45. The third kappa shape index (κ3) is 8.60. The minimum absolute atomic E-state index is 0.0610. The first-order valence-corrected chi connectivity index (χ1v) is 10.9. The van der Waals surface area contributed by atoms with E-state index >= 15 is 0 Å². The summed E-state index contributed by atoms with van der Waals surface area (Å²) in [4.78, 5) is 25.4. The van der Waals surface area contributed by atoms with Crippen molar-refractivity contribution in [3.05, 3.63) is 0 Å². The zero-order chi connectivity index (χ0) is 22.0. The molecule has 0 saturated heterocycles. The normalized spacial score (nSPS) is 16.5. The second-order valence-electron chi connectivity index (χ2n) is 8.77. The van der Waals surface area contributed by atoms with Crippen molar-refractivity contribution in [3.8, 4) is 0 Å². The topological polar surface area (TPSA) is 61.8 Å². The van der Waals surface area contributed by atoms with Crippen molar-refractivity contribution in [2.75, 3.05) is 6.61 Å². The maximum absolute atomic E-state index is 13.0. The van der Waals surface area contributed by atoms with Gasteiger partial charge in [-0.2, -0.15) is 0 Å². The summed E-state index contributed by atoms with van der Waals surface area (Å²) in [5.41, 5.74) is -1.63. The molecule has 3 unspecified atom stereocenters. The van der Waals surface area contributed by atoms with E-state index in [9.17, 15) is 9.59 Å². The van der Waals surface area contributed by atoms with Crippen LogP contribution in [0.2, 0.25) is 0 Å². The standard InChI is InChI=1S/C23H44O5/c1-10-18(5)26-16-14-12-13-15-20(24)23(9,11-2)22(7,8)28-21(25)19(6)27-17(3)4/h17-19H,10-16H2,1-9H3. The van der Waals surface area contributed by atoms with E-state index in [4.69, 9.17) is 14.2 Å². The van der Waals surface area contributed by atoms with Crippen LogP contribution < -0.4 is 0 Å². The highest BCUT2D eigenvalue weighted by molar-refractivity contribution is 5.86. The summed E-state index contributed by atoms with van der Waals surface area (Å²) < 4.78 is 17.0. The second-order valence-corrected chi connectivity index (χ2v) is 8.77. The Bertz CT molecular complexity index is 472. The molecule has 5 heteroatoms. The molecule has 0 aromatic carbocycles. The molecule has 0 saturated carbocycles. The molecule has 5 nitrogen and oxygen atoms in total. The molecule has 0 N–H and O–H groups in total. The lowest BCUT2D eigenvalue weighted by Gasteiger charge is -2.42. The fourth-order valence-electron chi connectivity index (χ4n) is 3.11. The third-order valence-corrected chi connectivity index (χ3v) is 5.84. The maximum Gasteiger partial charge on any atom is 0.335 e. The molecule has 28 heavy (non-hydrogen) atoms. The van der Waals surface area contributed by atoms with Crippen molar-refractivity contribution in [1.29, 1.82) is 0 Å². The van der Waals surface area contributed by atoms with Gasteiger partial charge in [0.25, 0.3) is 0 Å². The first kappa shape index (κ1) is 27.1. The van der Waals surface area contributed by atoms with Gasteiger partial charge in [-0.25, -0.2) is 4.79 Å². The van der Waals surface area contributed by atoms with Crippen LogP contribution in [0.15, 0.2) is 0 Å². The van der Waals surface area contributed by atoms with Gasteiger partial charge in [0.2, 0.25) is 0 Å². The van der Waals surface area contributed by atoms with Gasteiger partial charge < -0.3 is 14.2 Å². The molecule has 3 atom stereocenters. The summed E-state index contributed by atoms with van der Waals surface area (Å²) >= 11 is 0. The predicted octanol–water partition coefficient (Wildman–Crippen LogP) is 5.48. The number of unbranched alkanes of at least 4 members (excludes halogenated alkanes) is 2. The van der Waals surface area contributed by atoms with E-state index in [0.717, 1.165) is 32.3 Å². The molecule has 0 fully saturated rings. The zero-order valence-electron chi connectivity index (χ0n) is 19.7. The van der Waals surface area contributed by atoms with Gasteiger partial charge in [-0.1, -0.05) is 20.3 Å². The molecule has 0 heterocycles. The lowest BCUT2D eigenvalue weighted by molar-refractivity contribution is -0.186. The van der Waals surface area contributed by atoms with E-state index in [-0.39, 0.29) is 11.9 Å². The van der Waals surface area contributed by atoms with Gasteiger partial charge in [-0.05, 0) is 74.1 Å². The molecular formula is C23H44O5. The minimum Gasteiger partial charge on any atom is -0.457 e. The Morgan fingerprint density at radius 1 is 0.929 bits per heavy atom. The van der Waals surface area contributed by atoms with Crippen LogP contribution in [0.25, 0.3) is 0 Å². The molecule has 0 aromatic heterocycles. The summed E-state index contributed by atoms with van der Waals surface area (Å²) in [6.45, 7) is 17.9. The van der Waals surface area contributed by atoms with Crippen LogP contribution in [0.3, 0.4) is 0 Å². The molecule has 0 amide bonds. The van der Waals surface area contributed by atoms with Crippen molar-refractivity contribution >= 4 is 11.8 Å². The van der Waals surface area contributed by atoms with Crippen molar-refractivity contribution in [3.63, 3.8) is 0 Å². The number of hydrogen-bond acceptors (Lipinski definition) is 5. The van der Waals surface area contributed by atoms with Gasteiger partial charge in [-0.15, -0.1) is 0 Å². The molecule has 0 radical (unpaired) electrons. The monoisotopic (exact) mass is 400 g/mol. The van der Waals surface area contributed by atoms with Crippen LogP contribution in [0.5, 0.6) is 0 Å². The number of ketones is 1. The number of carbonyl (C=O) groups excluding carboxylic acids is 2. The zero-order valence-corrected chi connectivity index (χ0v) is 19.7. The SMILES string of the molecule is CCC(C)OCCCCCC(=O)C(C)(CC)C(C)(C)OC(=O)C(C)OC(C)C. The van der Waals surface area contributed by atoms with E-state index in [1.54, 1.807) is 6.92 Å². The number of hydrogen-bond donors (Lipinski definition) is 0. The molecule has 0 spiro atoms. The Morgan fingerprint density at radius 2 is 1.54 bits per heavy atom. The highest BCUT2D eigenvalue weighted by atomic mass is 16.6. The van der Waals surface area contributed by atoms with Crippen LogP contribution in [0.4, 0.5) is 0 Å². The van der Waals surface area contributed by atoms with Gasteiger partial charge in [0.15, 0.2) is 6.10 Å². The fraction of sp³-hybridized carbons (Fsp3) is 0.913. The predicted molar refractivity (Wildman–Crippen MR) is 113 cm³/mol. The maximum atomic E-state index is 13.0. The molecule has 0 aliphatic heterocycles. The van der Waals surface area contributed by atoms with Crippen LogP contribution in [-0.2, 0) is 23.8 Å².